The van der Waals surface area contributed by atoms with Crippen molar-refractivity contribution in [3.63, 3.8) is 0 Å². The maximum absolute atomic E-state index is 8.88. The Balaban J connectivity index is 3.08. The number of hydrogen-bond donors (Lipinski definition) is 2. The fourth-order valence-electron chi connectivity index (χ4n) is 0.696. The number of aromatic nitrogens is 2. The largest absolute Gasteiger partial charge is 0.493 e. The minimum atomic E-state index is -0.418. The summed E-state index contributed by atoms with van der Waals surface area (Å²) in [7, 11) is 0. The van der Waals surface area contributed by atoms with Gasteiger partial charge in [0.05, 0.1) is 5.69 Å². The summed E-state index contributed by atoms with van der Waals surface area (Å²) in [5.41, 5.74) is 0.484. The molecule has 0 aliphatic heterocycles. The Morgan fingerprint density at radius 1 is 1.36 bits per heavy atom. The molecule has 0 aliphatic carbocycles. The SMILES string of the molecule is C/C=C/c1cc(O)nc(O)n1. The van der Waals surface area contributed by atoms with E-state index in [2.05, 4.69) is 9.97 Å². The highest BCUT2D eigenvalue weighted by Crippen LogP contribution is 2.11. The quantitative estimate of drug-likeness (QED) is 0.628. The van der Waals surface area contributed by atoms with Gasteiger partial charge in [-0.2, -0.15) is 9.97 Å². The first-order valence-electron chi connectivity index (χ1n) is 3.12. The van der Waals surface area contributed by atoms with Gasteiger partial charge < -0.3 is 10.2 Å². The number of rotatable bonds is 1. The van der Waals surface area contributed by atoms with E-state index in [0.29, 0.717) is 5.69 Å². The summed E-state index contributed by atoms with van der Waals surface area (Å²) in [5.74, 6) is -0.231. The lowest BCUT2D eigenvalue weighted by molar-refractivity contribution is 0.397. The molecule has 1 aromatic heterocycles. The highest BCUT2D eigenvalue weighted by molar-refractivity contribution is 5.45. The highest BCUT2D eigenvalue weighted by Gasteiger charge is 1.97. The van der Waals surface area contributed by atoms with Crippen LogP contribution in [0, 0.1) is 0 Å². The topological polar surface area (TPSA) is 66.2 Å². The molecular formula is C7H8N2O2. The van der Waals surface area contributed by atoms with Crippen molar-refractivity contribution in [2.24, 2.45) is 0 Å². The molecule has 0 amide bonds. The van der Waals surface area contributed by atoms with Crippen molar-refractivity contribution in [2.75, 3.05) is 0 Å². The van der Waals surface area contributed by atoms with E-state index in [1.807, 2.05) is 6.92 Å². The summed E-state index contributed by atoms with van der Waals surface area (Å²) in [4.78, 5) is 6.90. The third kappa shape index (κ3) is 1.93. The zero-order valence-corrected chi connectivity index (χ0v) is 6.02. The van der Waals surface area contributed by atoms with Gasteiger partial charge in [0.15, 0.2) is 0 Å². The van der Waals surface area contributed by atoms with E-state index < -0.39 is 6.01 Å². The van der Waals surface area contributed by atoms with Crippen LogP contribution >= 0.6 is 0 Å². The second kappa shape index (κ2) is 3.01. The van der Waals surface area contributed by atoms with Crippen LogP contribution in [0.2, 0.25) is 0 Å². The van der Waals surface area contributed by atoms with E-state index >= 15 is 0 Å². The molecule has 4 nitrogen and oxygen atoms in total. The van der Waals surface area contributed by atoms with Gasteiger partial charge in [-0.3, -0.25) is 0 Å². The van der Waals surface area contributed by atoms with Gasteiger partial charge in [0.2, 0.25) is 5.88 Å². The molecule has 0 saturated heterocycles. The Morgan fingerprint density at radius 2 is 2.09 bits per heavy atom. The lowest BCUT2D eigenvalue weighted by atomic mass is 10.3. The van der Waals surface area contributed by atoms with Crippen molar-refractivity contribution in [1.82, 2.24) is 9.97 Å². The molecule has 0 radical (unpaired) electrons. The van der Waals surface area contributed by atoms with Gasteiger partial charge in [-0.15, -0.1) is 0 Å². The van der Waals surface area contributed by atoms with E-state index in [0.717, 1.165) is 0 Å². The van der Waals surface area contributed by atoms with Crippen molar-refractivity contribution >= 4 is 6.08 Å². The van der Waals surface area contributed by atoms with Crippen molar-refractivity contribution in [3.8, 4) is 11.9 Å². The van der Waals surface area contributed by atoms with Gasteiger partial charge in [0, 0.05) is 6.07 Å². The molecule has 0 aliphatic rings. The Morgan fingerprint density at radius 3 is 2.64 bits per heavy atom. The first-order chi connectivity index (χ1) is 5.22. The van der Waals surface area contributed by atoms with Crippen molar-refractivity contribution in [1.29, 1.82) is 0 Å². The summed E-state index contributed by atoms with van der Waals surface area (Å²) in [6, 6.07) is 0.942. The molecule has 1 rings (SSSR count). The van der Waals surface area contributed by atoms with E-state index in [1.165, 1.54) is 6.07 Å². The van der Waals surface area contributed by atoms with Crippen LogP contribution in [0.15, 0.2) is 12.1 Å². The van der Waals surface area contributed by atoms with Crippen LogP contribution in [-0.2, 0) is 0 Å². The van der Waals surface area contributed by atoms with Crippen LogP contribution in [0.1, 0.15) is 12.6 Å². The summed E-state index contributed by atoms with van der Waals surface area (Å²) in [6.07, 6.45) is 3.41. The first-order valence-corrected chi connectivity index (χ1v) is 3.12. The lowest BCUT2D eigenvalue weighted by Crippen LogP contribution is -1.84. The Hall–Kier alpha value is -1.58. The summed E-state index contributed by atoms with van der Waals surface area (Å²) < 4.78 is 0. The van der Waals surface area contributed by atoms with Gasteiger partial charge in [-0.1, -0.05) is 6.08 Å². The third-order valence-electron chi connectivity index (χ3n) is 1.06. The Bertz CT molecular complexity index is 264. The van der Waals surface area contributed by atoms with Crippen molar-refractivity contribution < 1.29 is 10.2 Å². The minimum Gasteiger partial charge on any atom is -0.493 e. The molecule has 0 unspecified atom stereocenters. The van der Waals surface area contributed by atoms with Gasteiger partial charge in [0.25, 0.3) is 0 Å². The molecule has 2 N–H and O–H groups in total. The predicted molar refractivity (Wildman–Crippen MR) is 40.1 cm³/mol. The number of aromatic hydroxyl groups is 2. The Kier molecular flexibility index (Phi) is 2.06. The average Bonchev–Trinajstić information content (AvgIpc) is 1.85. The van der Waals surface area contributed by atoms with Gasteiger partial charge >= 0.3 is 6.01 Å². The maximum Gasteiger partial charge on any atom is 0.317 e. The fourth-order valence-corrected chi connectivity index (χ4v) is 0.696. The summed E-state index contributed by atoms with van der Waals surface area (Å²) in [6.45, 7) is 1.82. The second-order valence-electron chi connectivity index (χ2n) is 1.95. The normalized spacial score (nSPS) is 10.6. The monoisotopic (exact) mass is 152 g/mol. The molecule has 11 heavy (non-hydrogen) atoms. The molecule has 58 valence electrons. The fraction of sp³-hybridized carbons (Fsp3) is 0.143. The maximum atomic E-state index is 8.88. The van der Waals surface area contributed by atoms with Crippen LogP contribution in [0.25, 0.3) is 6.08 Å². The molecule has 0 atom stereocenters. The van der Waals surface area contributed by atoms with Crippen LogP contribution in [0.5, 0.6) is 11.9 Å². The molecule has 0 aromatic carbocycles. The number of nitrogens with zero attached hydrogens (tertiary/aromatic N) is 2. The second-order valence-corrected chi connectivity index (χ2v) is 1.95. The molecule has 0 spiro atoms. The minimum absolute atomic E-state index is 0.231. The molecule has 1 heterocycles. The van der Waals surface area contributed by atoms with Crippen LogP contribution in [0.3, 0.4) is 0 Å². The molecule has 4 heteroatoms. The molecule has 0 fully saturated rings. The predicted octanol–water partition coefficient (Wildman–Crippen LogP) is 0.921. The molecule has 0 bridgehead atoms. The third-order valence-corrected chi connectivity index (χ3v) is 1.06. The van der Waals surface area contributed by atoms with Crippen molar-refractivity contribution in [2.45, 2.75) is 6.92 Å². The summed E-state index contributed by atoms with van der Waals surface area (Å²) in [5, 5.41) is 17.7. The van der Waals surface area contributed by atoms with E-state index in [4.69, 9.17) is 10.2 Å². The highest BCUT2D eigenvalue weighted by atomic mass is 16.3. The number of hydrogen-bond acceptors (Lipinski definition) is 4. The van der Waals surface area contributed by atoms with Gasteiger partial charge in [0.1, 0.15) is 0 Å². The number of allylic oxidation sites excluding steroid dienone is 1. The van der Waals surface area contributed by atoms with E-state index in [1.54, 1.807) is 12.2 Å². The molecular weight excluding hydrogens is 144 g/mol. The first kappa shape index (κ1) is 7.53. The molecule has 1 aromatic rings. The smallest absolute Gasteiger partial charge is 0.317 e. The molecule has 0 saturated carbocycles. The van der Waals surface area contributed by atoms with E-state index in [9.17, 15) is 0 Å². The van der Waals surface area contributed by atoms with Gasteiger partial charge in [-0.25, -0.2) is 0 Å². The standard InChI is InChI=1S/C7H8N2O2/c1-2-3-5-4-6(10)9-7(11)8-5/h2-4H,1H3,(H2,8,9,10,11)/b3-2+. The zero-order chi connectivity index (χ0) is 8.27. The van der Waals surface area contributed by atoms with Crippen LogP contribution in [-0.4, -0.2) is 20.2 Å². The lowest BCUT2D eigenvalue weighted by Gasteiger charge is -1.94. The van der Waals surface area contributed by atoms with E-state index in [-0.39, 0.29) is 5.88 Å². The zero-order valence-electron chi connectivity index (χ0n) is 6.02. The Labute approximate surface area is 63.9 Å². The summed E-state index contributed by atoms with van der Waals surface area (Å²) >= 11 is 0. The average molecular weight is 152 g/mol. The van der Waals surface area contributed by atoms with Gasteiger partial charge in [-0.05, 0) is 13.0 Å². The van der Waals surface area contributed by atoms with Crippen LogP contribution < -0.4 is 0 Å². The van der Waals surface area contributed by atoms with Crippen molar-refractivity contribution in [3.05, 3.63) is 17.8 Å². The van der Waals surface area contributed by atoms with Crippen LogP contribution in [0.4, 0.5) is 0 Å².